The Bertz CT molecular complexity index is 898. The van der Waals surface area contributed by atoms with Crippen LogP contribution in [0, 0.1) is 0 Å². The molecule has 0 aliphatic carbocycles. The molecular formula is C20H23N5O. The number of nitrogens with zero attached hydrogens (tertiary/aromatic N) is 3. The fourth-order valence-corrected chi connectivity index (χ4v) is 3.43. The van der Waals surface area contributed by atoms with Crippen LogP contribution in [0.25, 0.3) is 22.2 Å². The molecule has 0 saturated carbocycles. The maximum atomic E-state index is 12.1. The summed E-state index contributed by atoms with van der Waals surface area (Å²) in [5.74, 6) is 0.568. The molecule has 134 valence electrons. The van der Waals surface area contributed by atoms with E-state index in [1.165, 1.54) is 25.9 Å². The smallest absolute Gasteiger partial charge is 0.225 e. The van der Waals surface area contributed by atoms with Gasteiger partial charge in [0.1, 0.15) is 0 Å². The van der Waals surface area contributed by atoms with Gasteiger partial charge in [0.2, 0.25) is 5.91 Å². The number of aromatic amines is 1. The number of nitrogens with one attached hydrogen (secondary N) is 2. The highest BCUT2D eigenvalue weighted by molar-refractivity contribution is 5.90. The lowest BCUT2D eigenvalue weighted by Crippen LogP contribution is -2.22. The molecule has 3 aromatic rings. The summed E-state index contributed by atoms with van der Waals surface area (Å²) in [4.78, 5) is 19.0. The van der Waals surface area contributed by atoms with Crippen molar-refractivity contribution >= 4 is 22.6 Å². The minimum Gasteiger partial charge on any atom is -0.309 e. The van der Waals surface area contributed by atoms with E-state index >= 15 is 0 Å². The largest absolute Gasteiger partial charge is 0.309 e. The first kappa shape index (κ1) is 16.7. The monoisotopic (exact) mass is 349 g/mol. The predicted octanol–water partition coefficient (Wildman–Crippen LogP) is 3.44. The van der Waals surface area contributed by atoms with Crippen molar-refractivity contribution < 1.29 is 4.79 Å². The Hall–Kier alpha value is -2.73. The summed E-state index contributed by atoms with van der Waals surface area (Å²) in [5, 5.41) is 11.1. The van der Waals surface area contributed by atoms with Crippen LogP contribution in [0.4, 0.5) is 5.82 Å². The third kappa shape index (κ3) is 3.91. The highest BCUT2D eigenvalue weighted by Crippen LogP contribution is 2.23. The number of fused-ring (bicyclic) bond motifs is 1. The lowest BCUT2D eigenvalue weighted by atomic mass is 10.1. The summed E-state index contributed by atoms with van der Waals surface area (Å²) in [7, 11) is 0. The van der Waals surface area contributed by atoms with Gasteiger partial charge >= 0.3 is 0 Å². The molecule has 0 unspecified atom stereocenters. The van der Waals surface area contributed by atoms with Crippen molar-refractivity contribution in [2.45, 2.75) is 25.7 Å². The van der Waals surface area contributed by atoms with Crippen LogP contribution < -0.4 is 5.32 Å². The maximum Gasteiger partial charge on any atom is 0.225 e. The molecule has 6 heteroatoms. The summed E-state index contributed by atoms with van der Waals surface area (Å²) < 4.78 is 0. The number of H-pyrrole nitrogens is 1. The number of carbonyl (C=O) groups is 1. The van der Waals surface area contributed by atoms with Gasteiger partial charge in [-0.05, 0) is 51.0 Å². The number of para-hydroxylation sites is 1. The van der Waals surface area contributed by atoms with Gasteiger partial charge in [-0.1, -0.05) is 18.2 Å². The van der Waals surface area contributed by atoms with Crippen LogP contribution in [0.3, 0.4) is 0 Å². The van der Waals surface area contributed by atoms with Gasteiger partial charge in [0.05, 0.1) is 11.2 Å². The number of pyridine rings is 1. The second-order valence-corrected chi connectivity index (χ2v) is 6.78. The molecule has 1 aromatic carbocycles. The summed E-state index contributed by atoms with van der Waals surface area (Å²) in [6, 6.07) is 11.9. The Kier molecular flexibility index (Phi) is 4.93. The summed E-state index contributed by atoms with van der Waals surface area (Å²) in [6.07, 6.45) is 5.79. The van der Waals surface area contributed by atoms with E-state index in [0.29, 0.717) is 12.2 Å². The quantitative estimate of drug-likeness (QED) is 0.715. The normalized spacial score (nSPS) is 14.8. The molecule has 1 aliphatic rings. The second kappa shape index (κ2) is 7.66. The van der Waals surface area contributed by atoms with Crippen molar-refractivity contribution in [2.24, 2.45) is 0 Å². The molecule has 1 amide bonds. The molecule has 1 fully saturated rings. The third-order valence-electron chi connectivity index (χ3n) is 4.82. The van der Waals surface area contributed by atoms with Crippen LogP contribution in [0.5, 0.6) is 0 Å². The van der Waals surface area contributed by atoms with E-state index in [1.54, 1.807) is 0 Å². The SMILES string of the molecule is O=C(CCCN1CCCC1)Nc1cc(-c2cnc3ccccc3c2)[nH]n1. The zero-order chi connectivity index (χ0) is 17.8. The van der Waals surface area contributed by atoms with Gasteiger partial charge in [0.25, 0.3) is 0 Å². The van der Waals surface area contributed by atoms with Crippen LogP contribution in [0.15, 0.2) is 42.6 Å². The van der Waals surface area contributed by atoms with Gasteiger partial charge in [0.15, 0.2) is 5.82 Å². The number of amides is 1. The van der Waals surface area contributed by atoms with Crippen LogP contribution in [-0.2, 0) is 4.79 Å². The number of rotatable bonds is 6. The zero-order valence-electron chi connectivity index (χ0n) is 14.7. The van der Waals surface area contributed by atoms with Gasteiger partial charge in [-0.25, -0.2) is 0 Å². The van der Waals surface area contributed by atoms with E-state index in [-0.39, 0.29) is 5.91 Å². The predicted molar refractivity (Wildman–Crippen MR) is 103 cm³/mol. The minimum absolute atomic E-state index is 0.0129. The van der Waals surface area contributed by atoms with Gasteiger partial charge in [-0.3, -0.25) is 14.9 Å². The lowest BCUT2D eigenvalue weighted by Gasteiger charge is -2.13. The maximum absolute atomic E-state index is 12.1. The van der Waals surface area contributed by atoms with Crippen molar-refractivity contribution in [3.05, 3.63) is 42.6 Å². The van der Waals surface area contributed by atoms with Gasteiger partial charge < -0.3 is 10.2 Å². The van der Waals surface area contributed by atoms with Gasteiger partial charge in [-0.2, -0.15) is 5.10 Å². The summed E-state index contributed by atoms with van der Waals surface area (Å²) >= 11 is 0. The van der Waals surface area contributed by atoms with E-state index in [4.69, 9.17) is 0 Å². The van der Waals surface area contributed by atoms with E-state index in [1.807, 2.05) is 36.5 Å². The molecule has 0 bridgehead atoms. The molecular weight excluding hydrogens is 326 g/mol. The Morgan fingerprint density at radius 1 is 1.19 bits per heavy atom. The molecule has 2 N–H and O–H groups in total. The highest BCUT2D eigenvalue weighted by Gasteiger charge is 2.12. The average Bonchev–Trinajstić information content (AvgIpc) is 3.33. The summed E-state index contributed by atoms with van der Waals surface area (Å²) in [6.45, 7) is 3.34. The van der Waals surface area contributed by atoms with E-state index < -0.39 is 0 Å². The molecule has 0 radical (unpaired) electrons. The second-order valence-electron chi connectivity index (χ2n) is 6.78. The van der Waals surface area contributed by atoms with Crippen molar-refractivity contribution in [3.8, 4) is 11.3 Å². The first-order valence-corrected chi connectivity index (χ1v) is 9.21. The van der Waals surface area contributed by atoms with Crippen LogP contribution in [0.2, 0.25) is 0 Å². The molecule has 0 spiro atoms. The van der Waals surface area contributed by atoms with E-state index in [2.05, 4.69) is 31.5 Å². The Balaban J connectivity index is 1.35. The number of benzene rings is 1. The standard InChI is InChI=1S/C20H23N5O/c26-20(8-5-11-25-9-3-4-10-25)22-19-13-18(23-24-19)16-12-15-6-1-2-7-17(15)21-14-16/h1-2,6-7,12-14H,3-5,8-11H2,(H2,22,23,24,26). The molecule has 0 atom stereocenters. The van der Waals surface area contributed by atoms with E-state index in [0.717, 1.165) is 35.1 Å². The topological polar surface area (TPSA) is 73.9 Å². The first-order chi connectivity index (χ1) is 12.8. The highest BCUT2D eigenvalue weighted by atomic mass is 16.1. The third-order valence-corrected chi connectivity index (χ3v) is 4.82. The summed E-state index contributed by atoms with van der Waals surface area (Å²) in [5.41, 5.74) is 2.75. The molecule has 3 heterocycles. The lowest BCUT2D eigenvalue weighted by molar-refractivity contribution is -0.116. The number of anilines is 1. The van der Waals surface area contributed by atoms with Crippen LogP contribution in [-0.4, -0.2) is 45.6 Å². The molecule has 1 saturated heterocycles. The number of aromatic nitrogens is 3. The fourth-order valence-electron chi connectivity index (χ4n) is 3.43. The first-order valence-electron chi connectivity index (χ1n) is 9.21. The van der Waals surface area contributed by atoms with Crippen LogP contribution >= 0.6 is 0 Å². The Labute approximate surface area is 152 Å². The van der Waals surface area contributed by atoms with Crippen molar-refractivity contribution in [2.75, 3.05) is 25.0 Å². The molecule has 2 aromatic heterocycles. The number of carbonyl (C=O) groups excluding carboxylic acids is 1. The number of hydrogen-bond donors (Lipinski definition) is 2. The zero-order valence-corrected chi connectivity index (χ0v) is 14.7. The Morgan fingerprint density at radius 2 is 2.04 bits per heavy atom. The Morgan fingerprint density at radius 3 is 2.92 bits per heavy atom. The van der Waals surface area contributed by atoms with Gasteiger partial charge in [0, 0.05) is 29.6 Å². The van der Waals surface area contributed by atoms with Crippen molar-refractivity contribution in [3.63, 3.8) is 0 Å². The van der Waals surface area contributed by atoms with E-state index in [9.17, 15) is 4.79 Å². The van der Waals surface area contributed by atoms with Crippen LogP contribution in [0.1, 0.15) is 25.7 Å². The molecule has 26 heavy (non-hydrogen) atoms. The average molecular weight is 349 g/mol. The molecule has 6 nitrogen and oxygen atoms in total. The molecule has 4 rings (SSSR count). The molecule has 1 aliphatic heterocycles. The number of likely N-dealkylation sites (tertiary alicyclic amines) is 1. The minimum atomic E-state index is 0.0129. The van der Waals surface area contributed by atoms with Crippen molar-refractivity contribution in [1.29, 1.82) is 0 Å². The number of hydrogen-bond acceptors (Lipinski definition) is 4. The fraction of sp³-hybridized carbons (Fsp3) is 0.350. The van der Waals surface area contributed by atoms with Gasteiger partial charge in [-0.15, -0.1) is 0 Å². The van der Waals surface area contributed by atoms with Crippen molar-refractivity contribution in [1.82, 2.24) is 20.1 Å².